The third kappa shape index (κ3) is 6.80. The van der Waals surface area contributed by atoms with E-state index in [1.54, 1.807) is 36.4 Å². The summed E-state index contributed by atoms with van der Waals surface area (Å²) in [5.41, 5.74) is 3.85. The lowest BCUT2D eigenvalue weighted by Gasteiger charge is -2.09. The first-order valence-electron chi connectivity index (χ1n) is 10.2. The number of carbonyl (C=O) groups is 1. The van der Waals surface area contributed by atoms with E-state index in [1.807, 2.05) is 47.8 Å². The molecule has 4 aromatic rings. The standard InChI is InChI=1S/C24H22N4O4S2/c1-34(30,31)28-20-9-7-17(8-10-20)22-16-33-24(26-22)27-23(29)15-32-21-13-11-19(12-14-21)25-18-5-3-2-4-6-18/h2-14,16,25,28H,15H2,1H3,(H,26,27,29). The van der Waals surface area contributed by atoms with E-state index in [0.717, 1.165) is 23.2 Å². The molecule has 8 nitrogen and oxygen atoms in total. The topological polar surface area (TPSA) is 109 Å². The number of amides is 1. The zero-order valence-electron chi connectivity index (χ0n) is 18.2. The summed E-state index contributed by atoms with van der Waals surface area (Å²) in [7, 11) is -3.33. The smallest absolute Gasteiger partial charge is 0.264 e. The molecule has 1 aromatic heterocycles. The van der Waals surface area contributed by atoms with Crippen molar-refractivity contribution in [2.75, 3.05) is 28.2 Å². The Hall–Kier alpha value is -3.89. The molecule has 0 unspecified atom stereocenters. The van der Waals surface area contributed by atoms with E-state index in [4.69, 9.17) is 4.74 Å². The number of benzene rings is 3. The fraction of sp³-hybridized carbons (Fsp3) is 0.0833. The average Bonchev–Trinajstić information content (AvgIpc) is 3.27. The molecule has 3 N–H and O–H groups in total. The summed E-state index contributed by atoms with van der Waals surface area (Å²) in [6.45, 7) is -0.147. The number of hydrogen-bond acceptors (Lipinski definition) is 7. The van der Waals surface area contributed by atoms with E-state index in [0.29, 0.717) is 22.3 Å². The van der Waals surface area contributed by atoms with Gasteiger partial charge in [-0.1, -0.05) is 30.3 Å². The van der Waals surface area contributed by atoms with Gasteiger partial charge in [0.15, 0.2) is 11.7 Å². The molecule has 10 heteroatoms. The Bertz CT molecular complexity index is 1350. The molecule has 174 valence electrons. The van der Waals surface area contributed by atoms with Gasteiger partial charge in [0.2, 0.25) is 10.0 Å². The van der Waals surface area contributed by atoms with Gasteiger partial charge in [0.1, 0.15) is 5.75 Å². The van der Waals surface area contributed by atoms with Gasteiger partial charge in [0, 0.05) is 28.0 Å². The molecule has 3 aromatic carbocycles. The molecular weight excluding hydrogens is 472 g/mol. The summed E-state index contributed by atoms with van der Waals surface area (Å²) in [5.74, 6) is 0.261. The zero-order valence-corrected chi connectivity index (χ0v) is 19.8. The van der Waals surface area contributed by atoms with E-state index in [-0.39, 0.29) is 12.5 Å². The number of ether oxygens (including phenoxy) is 1. The number of thiazole rings is 1. The van der Waals surface area contributed by atoms with Gasteiger partial charge < -0.3 is 10.1 Å². The van der Waals surface area contributed by atoms with Crippen LogP contribution in [0, 0.1) is 0 Å². The van der Waals surface area contributed by atoms with Crippen LogP contribution < -0.4 is 20.1 Å². The monoisotopic (exact) mass is 494 g/mol. The molecule has 34 heavy (non-hydrogen) atoms. The minimum absolute atomic E-state index is 0.147. The maximum absolute atomic E-state index is 12.3. The largest absolute Gasteiger partial charge is 0.484 e. The van der Waals surface area contributed by atoms with Crippen molar-refractivity contribution in [3.05, 3.63) is 84.2 Å². The highest BCUT2D eigenvalue weighted by atomic mass is 32.2. The molecule has 0 saturated carbocycles. The Morgan fingerprint density at radius 3 is 2.24 bits per heavy atom. The van der Waals surface area contributed by atoms with Crippen LogP contribution in [0.3, 0.4) is 0 Å². The van der Waals surface area contributed by atoms with Crippen LogP contribution in [-0.2, 0) is 14.8 Å². The third-order valence-electron chi connectivity index (χ3n) is 4.52. The van der Waals surface area contributed by atoms with Gasteiger partial charge in [0.25, 0.3) is 5.91 Å². The van der Waals surface area contributed by atoms with Crippen molar-refractivity contribution in [2.24, 2.45) is 0 Å². The first-order chi connectivity index (χ1) is 16.3. The highest BCUT2D eigenvalue weighted by Crippen LogP contribution is 2.26. The Morgan fingerprint density at radius 2 is 1.56 bits per heavy atom. The van der Waals surface area contributed by atoms with Crippen LogP contribution in [0.1, 0.15) is 0 Å². The first-order valence-corrected chi connectivity index (χ1v) is 13.0. The Morgan fingerprint density at radius 1 is 0.912 bits per heavy atom. The van der Waals surface area contributed by atoms with Crippen molar-refractivity contribution in [2.45, 2.75) is 0 Å². The minimum Gasteiger partial charge on any atom is -0.484 e. The molecule has 4 rings (SSSR count). The predicted molar refractivity (Wildman–Crippen MR) is 136 cm³/mol. The maximum atomic E-state index is 12.3. The number of hydrogen-bond donors (Lipinski definition) is 3. The second kappa shape index (κ2) is 10.4. The minimum atomic E-state index is -3.33. The number of para-hydroxylation sites is 1. The number of nitrogens with one attached hydrogen (secondary N) is 3. The second-order valence-electron chi connectivity index (χ2n) is 7.34. The molecule has 0 atom stereocenters. The number of anilines is 4. The van der Waals surface area contributed by atoms with Gasteiger partial charge in [-0.05, 0) is 48.5 Å². The van der Waals surface area contributed by atoms with E-state index in [2.05, 4.69) is 20.3 Å². The fourth-order valence-electron chi connectivity index (χ4n) is 3.01. The SMILES string of the molecule is CS(=O)(=O)Nc1ccc(-c2csc(NC(=O)COc3ccc(Nc4ccccc4)cc3)n2)cc1. The lowest BCUT2D eigenvalue weighted by Crippen LogP contribution is -2.20. The lowest BCUT2D eigenvalue weighted by molar-refractivity contribution is -0.118. The highest BCUT2D eigenvalue weighted by Gasteiger charge is 2.10. The van der Waals surface area contributed by atoms with Crippen LogP contribution in [0.4, 0.5) is 22.2 Å². The predicted octanol–water partition coefficient (Wildman–Crippen LogP) is 4.94. The molecule has 1 amide bonds. The Kier molecular flexibility index (Phi) is 7.09. The summed E-state index contributed by atoms with van der Waals surface area (Å²) in [4.78, 5) is 16.7. The highest BCUT2D eigenvalue weighted by molar-refractivity contribution is 7.92. The van der Waals surface area contributed by atoms with E-state index >= 15 is 0 Å². The van der Waals surface area contributed by atoms with E-state index in [1.165, 1.54) is 11.3 Å². The summed E-state index contributed by atoms with van der Waals surface area (Å²) >= 11 is 1.29. The number of rotatable bonds is 9. The number of carbonyl (C=O) groups excluding carboxylic acids is 1. The van der Waals surface area contributed by atoms with Gasteiger partial charge in [-0.2, -0.15) is 0 Å². The van der Waals surface area contributed by atoms with Crippen LogP contribution in [0.15, 0.2) is 84.2 Å². The molecule has 0 fully saturated rings. The summed E-state index contributed by atoms with van der Waals surface area (Å²) < 4.78 is 30.6. The molecule has 0 bridgehead atoms. The normalized spacial score (nSPS) is 11.0. The number of sulfonamides is 1. The van der Waals surface area contributed by atoms with Crippen LogP contribution in [0.25, 0.3) is 11.3 Å². The lowest BCUT2D eigenvalue weighted by atomic mass is 10.1. The van der Waals surface area contributed by atoms with Gasteiger partial charge in [-0.15, -0.1) is 11.3 Å². The molecule has 0 saturated heterocycles. The van der Waals surface area contributed by atoms with Crippen LogP contribution in [-0.4, -0.2) is 32.2 Å². The first kappa shape index (κ1) is 23.3. The van der Waals surface area contributed by atoms with E-state index < -0.39 is 10.0 Å². The maximum Gasteiger partial charge on any atom is 0.264 e. The summed E-state index contributed by atoms with van der Waals surface area (Å²) in [5, 5.41) is 8.28. The fourth-order valence-corrected chi connectivity index (χ4v) is 4.31. The van der Waals surface area contributed by atoms with Gasteiger partial charge in [0.05, 0.1) is 11.9 Å². The van der Waals surface area contributed by atoms with Crippen LogP contribution in [0.5, 0.6) is 5.75 Å². The molecular formula is C24H22N4O4S2. The van der Waals surface area contributed by atoms with Crippen molar-refractivity contribution in [1.82, 2.24) is 4.98 Å². The summed E-state index contributed by atoms with van der Waals surface area (Å²) in [6.07, 6.45) is 1.10. The van der Waals surface area contributed by atoms with Gasteiger partial charge >= 0.3 is 0 Å². The van der Waals surface area contributed by atoms with E-state index in [9.17, 15) is 13.2 Å². The second-order valence-corrected chi connectivity index (χ2v) is 9.95. The van der Waals surface area contributed by atoms with Crippen molar-refractivity contribution < 1.29 is 17.9 Å². The molecule has 0 spiro atoms. The quantitative estimate of drug-likeness (QED) is 0.304. The van der Waals surface area contributed by atoms with Gasteiger partial charge in [-0.3, -0.25) is 14.8 Å². The Labute approximate surface area is 201 Å². The molecule has 0 radical (unpaired) electrons. The van der Waals surface area contributed by atoms with Crippen LogP contribution in [0.2, 0.25) is 0 Å². The number of aromatic nitrogens is 1. The summed E-state index contributed by atoms with van der Waals surface area (Å²) in [6, 6.07) is 24.0. The van der Waals surface area contributed by atoms with Crippen molar-refractivity contribution >= 4 is 49.5 Å². The van der Waals surface area contributed by atoms with Crippen molar-refractivity contribution in [3.8, 4) is 17.0 Å². The van der Waals surface area contributed by atoms with Crippen molar-refractivity contribution in [1.29, 1.82) is 0 Å². The van der Waals surface area contributed by atoms with Crippen LogP contribution >= 0.6 is 11.3 Å². The molecule has 0 aliphatic carbocycles. The van der Waals surface area contributed by atoms with Crippen molar-refractivity contribution in [3.63, 3.8) is 0 Å². The van der Waals surface area contributed by atoms with Gasteiger partial charge in [-0.25, -0.2) is 13.4 Å². The molecule has 1 heterocycles. The molecule has 0 aliphatic rings. The Balaban J connectivity index is 1.28. The average molecular weight is 495 g/mol. The number of nitrogens with zero attached hydrogens (tertiary/aromatic N) is 1. The zero-order chi connectivity index (χ0) is 24.0. The third-order valence-corrected chi connectivity index (χ3v) is 5.89. The molecule has 0 aliphatic heterocycles.